The lowest BCUT2D eigenvalue weighted by molar-refractivity contribution is -0.147. The molecule has 1 N–H and O–H groups in total. The highest BCUT2D eigenvalue weighted by Crippen LogP contribution is 2.12. The molecule has 0 saturated heterocycles. The third-order valence-corrected chi connectivity index (χ3v) is 5.38. The molecule has 156 valence electrons. The molecule has 6 nitrogen and oxygen atoms in total. The highest BCUT2D eigenvalue weighted by Gasteiger charge is 2.24. The van der Waals surface area contributed by atoms with Gasteiger partial charge in [0.15, 0.2) is 0 Å². The average molecular weight is 425 g/mol. The van der Waals surface area contributed by atoms with Gasteiger partial charge in [-0.3, -0.25) is 0 Å². The summed E-state index contributed by atoms with van der Waals surface area (Å²) >= 11 is 1.54. The highest BCUT2D eigenvalue weighted by atomic mass is 32.1. The Bertz CT molecular complexity index is 944. The van der Waals surface area contributed by atoms with Crippen molar-refractivity contribution in [3.8, 4) is 0 Å². The molecule has 0 bridgehead atoms. The summed E-state index contributed by atoms with van der Waals surface area (Å²) in [5, 5.41) is 5.50. The third-order valence-electron chi connectivity index (χ3n) is 4.34. The lowest BCUT2D eigenvalue weighted by Gasteiger charge is -2.17. The van der Waals surface area contributed by atoms with E-state index in [1.165, 1.54) is 11.3 Å². The standard InChI is InChI=1S/C23H24N2O4S/c1-2-21-24-19(16-30-21)15-28-22(26)20(13-17-9-5-3-6-10-17)25-23(27)29-14-18-11-7-4-8-12-18/h3-12,16,20H,2,13-15H2,1H3,(H,25,27)/t20-/m0/s1. The Morgan fingerprint density at radius 1 is 0.967 bits per heavy atom. The molecule has 0 aliphatic heterocycles. The first-order valence-electron chi connectivity index (χ1n) is 9.75. The van der Waals surface area contributed by atoms with Crippen LogP contribution in [0.25, 0.3) is 0 Å². The fourth-order valence-electron chi connectivity index (χ4n) is 2.77. The number of esters is 1. The summed E-state index contributed by atoms with van der Waals surface area (Å²) in [7, 11) is 0. The number of hydrogen-bond donors (Lipinski definition) is 1. The van der Waals surface area contributed by atoms with Crippen LogP contribution >= 0.6 is 11.3 Å². The molecule has 0 saturated carbocycles. The molecule has 1 aromatic heterocycles. The minimum atomic E-state index is -0.861. The largest absolute Gasteiger partial charge is 0.458 e. The number of thiazole rings is 1. The number of benzene rings is 2. The van der Waals surface area contributed by atoms with Crippen molar-refractivity contribution in [3.63, 3.8) is 0 Å². The second-order valence-corrected chi connectivity index (χ2v) is 7.58. The molecular formula is C23H24N2O4S. The quantitative estimate of drug-likeness (QED) is 0.519. The van der Waals surface area contributed by atoms with E-state index in [1.807, 2.05) is 73.0 Å². The van der Waals surface area contributed by atoms with Crippen LogP contribution in [0.3, 0.4) is 0 Å². The number of nitrogens with one attached hydrogen (secondary N) is 1. The molecular weight excluding hydrogens is 400 g/mol. The molecule has 7 heteroatoms. The number of amides is 1. The third kappa shape index (κ3) is 6.70. The molecule has 1 heterocycles. The van der Waals surface area contributed by atoms with E-state index in [-0.39, 0.29) is 13.2 Å². The maximum atomic E-state index is 12.7. The van der Waals surface area contributed by atoms with Crippen molar-refractivity contribution in [2.24, 2.45) is 0 Å². The van der Waals surface area contributed by atoms with Gasteiger partial charge in [-0.05, 0) is 17.5 Å². The van der Waals surface area contributed by atoms with Crippen LogP contribution in [0.15, 0.2) is 66.0 Å². The number of ether oxygens (including phenoxy) is 2. The molecule has 0 fully saturated rings. The van der Waals surface area contributed by atoms with E-state index in [9.17, 15) is 9.59 Å². The Kier molecular flexibility index (Phi) is 7.97. The number of aromatic nitrogens is 1. The van der Waals surface area contributed by atoms with Crippen molar-refractivity contribution < 1.29 is 19.1 Å². The summed E-state index contributed by atoms with van der Waals surface area (Å²) in [5.41, 5.74) is 2.48. The first-order chi connectivity index (χ1) is 14.6. The van der Waals surface area contributed by atoms with Crippen molar-refractivity contribution in [2.45, 2.75) is 39.0 Å². The van der Waals surface area contributed by atoms with Crippen LogP contribution in [0.1, 0.15) is 28.8 Å². The topological polar surface area (TPSA) is 77.5 Å². The number of carbonyl (C=O) groups is 2. The molecule has 0 unspecified atom stereocenters. The number of rotatable bonds is 9. The first-order valence-corrected chi connectivity index (χ1v) is 10.6. The van der Waals surface area contributed by atoms with Gasteiger partial charge in [0.05, 0.1) is 10.7 Å². The molecule has 3 rings (SSSR count). The van der Waals surface area contributed by atoms with Crippen molar-refractivity contribution in [1.82, 2.24) is 10.3 Å². The minimum absolute atomic E-state index is 0.0708. The minimum Gasteiger partial charge on any atom is -0.458 e. The zero-order chi connectivity index (χ0) is 21.2. The van der Waals surface area contributed by atoms with Gasteiger partial charge >= 0.3 is 12.1 Å². The van der Waals surface area contributed by atoms with Crippen LogP contribution < -0.4 is 5.32 Å². The maximum Gasteiger partial charge on any atom is 0.408 e. The van der Waals surface area contributed by atoms with Gasteiger partial charge in [0.2, 0.25) is 0 Å². The van der Waals surface area contributed by atoms with Gasteiger partial charge < -0.3 is 14.8 Å². The Hall–Kier alpha value is -3.19. The van der Waals surface area contributed by atoms with Gasteiger partial charge in [-0.15, -0.1) is 11.3 Å². The van der Waals surface area contributed by atoms with E-state index in [4.69, 9.17) is 9.47 Å². The fourth-order valence-corrected chi connectivity index (χ4v) is 3.50. The van der Waals surface area contributed by atoms with Crippen LogP contribution in [-0.4, -0.2) is 23.1 Å². The average Bonchev–Trinajstić information content (AvgIpc) is 3.25. The van der Waals surface area contributed by atoms with Crippen molar-refractivity contribution in [3.05, 3.63) is 87.9 Å². The summed E-state index contributed by atoms with van der Waals surface area (Å²) in [6, 6.07) is 17.9. The Morgan fingerprint density at radius 3 is 2.27 bits per heavy atom. The SMILES string of the molecule is CCc1nc(COC(=O)[C@H](Cc2ccccc2)NC(=O)OCc2ccccc2)cs1. The number of nitrogens with zero attached hydrogens (tertiary/aromatic N) is 1. The molecule has 0 radical (unpaired) electrons. The Balaban J connectivity index is 1.60. The van der Waals surface area contributed by atoms with Gasteiger partial charge in [-0.25, -0.2) is 14.6 Å². The van der Waals surface area contributed by atoms with E-state index in [2.05, 4.69) is 10.3 Å². The number of aryl methyl sites for hydroxylation is 1. The van der Waals surface area contributed by atoms with Gasteiger partial charge in [-0.2, -0.15) is 0 Å². The van der Waals surface area contributed by atoms with Gasteiger partial charge in [0, 0.05) is 11.8 Å². The number of hydrogen-bond acceptors (Lipinski definition) is 6. The molecule has 1 atom stereocenters. The lowest BCUT2D eigenvalue weighted by Crippen LogP contribution is -2.43. The predicted molar refractivity (Wildman–Crippen MR) is 115 cm³/mol. The zero-order valence-corrected chi connectivity index (χ0v) is 17.6. The molecule has 0 spiro atoms. The number of alkyl carbamates (subject to hydrolysis) is 1. The molecule has 0 aliphatic rings. The highest BCUT2D eigenvalue weighted by molar-refractivity contribution is 7.09. The molecule has 30 heavy (non-hydrogen) atoms. The van der Waals surface area contributed by atoms with Crippen LogP contribution in [0, 0.1) is 0 Å². The maximum absolute atomic E-state index is 12.7. The summed E-state index contributed by atoms with van der Waals surface area (Å²) in [6.45, 7) is 2.22. The second-order valence-electron chi connectivity index (χ2n) is 6.64. The van der Waals surface area contributed by atoms with E-state index >= 15 is 0 Å². The first kappa shape index (κ1) is 21.5. The monoisotopic (exact) mass is 424 g/mol. The van der Waals surface area contributed by atoms with E-state index in [1.54, 1.807) is 0 Å². The van der Waals surface area contributed by atoms with Crippen molar-refractivity contribution in [1.29, 1.82) is 0 Å². The summed E-state index contributed by atoms with van der Waals surface area (Å²) in [6.07, 6.45) is 0.472. The fraction of sp³-hybridized carbons (Fsp3) is 0.261. The van der Waals surface area contributed by atoms with Crippen LogP contribution in [0.2, 0.25) is 0 Å². The zero-order valence-electron chi connectivity index (χ0n) is 16.7. The summed E-state index contributed by atoms with van der Waals surface area (Å²) < 4.78 is 10.7. The van der Waals surface area contributed by atoms with Crippen LogP contribution in [0.5, 0.6) is 0 Å². The van der Waals surface area contributed by atoms with Gasteiger partial charge in [0.1, 0.15) is 19.3 Å². The molecule has 0 aliphatic carbocycles. The van der Waals surface area contributed by atoms with E-state index < -0.39 is 18.1 Å². The number of carbonyl (C=O) groups excluding carboxylic acids is 2. The van der Waals surface area contributed by atoms with Gasteiger partial charge in [0.25, 0.3) is 0 Å². The second kappa shape index (κ2) is 11.1. The van der Waals surface area contributed by atoms with Crippen LogP contribution in [0.4, 0.5) is 4.79 Å². The predicted octanol–water partition coefficient (Wildman–Crippen LogP) is 4.29. The molecule has 2 aromatic carbocycles. The Labute approximate surface area is 179 Å². The van der Waals surface area contributed by atoms with Crippen LogP contribution in [-0.2, 0) is 40.3 Å². The van der Waals surface area contributed by atoms with E-state index in [0.29, 0.717) is 12.1 Å². The summed E-state index contributed by atoms with van der Waals surface area (Å²) in [4.78, 5) is 29.4. The molecule has 1 amide bonds. The smallest absolute Gasteiger partial charge is 0.408 e. The normalized spacial score (nSPS) is 11.5. The summed E-state index contributed by atoms with van der Waals surface area (Å²) in [5.74, 6) is -0.526. The Morgan fingerprint density at radius 2 is 1.63 bits per heavy atom. The lowest BCUT2D eigenvalue weighted by atomic mass is 10.1. The van der Waals surface area contributed by atoms with E-state index in [0.717, 1.165) is 22.6 Å². The van der Waals surface area contributed by atoms with Crippen molar-refractivity contribution >= 4 is 23.4 Å². The van der Waals surface area contributed by atoms with Gasteiger partial charge in [-0.1, -0.05) is 67.6 Å². The van der Waals surface area contributed by atoms with Crippen molar-refractivity contribution in [2.75, 3.05) is 0 Å². The molecule has 3 aromatic rings.